The highest BCUT2D eigenvalue weighted by Gasteiger charge is 2.32. The number of rotatable bonds is 4. The minimum Gasteiger partial charge on any atom is -0.373 e. The second-order valence-corrected chi connectivity index (χ2v) is 5.83. The van der Waals surface area contributed by atoms with Gasteiger partial charge in [-0.3, -0.25) is 4.90 Å². The molecule has 2 rings (SSSR count). The molecule has 17 heavy (non-hydrogen) atoms. The smallest absolute Gasteiger partial charge is 0.0678 e. The molecule has 0 aromatic carbocycles. The van der Waals surface area contributed by atoms with E-state index in [0.717, 1.165) is 25.2 Å². The molecule has 3 nitrogen and oxygen atoms in total. The van der Waals surface area contributed by atoms with Gasteiger partial charge >= 0.3 is 0 Å². The van der Waals surface area contributed by atoms with Gasteiger partial charge in [-0.1, -0.05) is 6.92 Å². The zero-order valence-electron chi connectivity index (χ0n) is 11.6. The van der Waals surface area contributed by atoms with Gasteiger partial charge in [0.05, 0.1) is 12.2 Å². The molecule has 2 aliphatic rings. The molecule has 1 saturated heterocycles. The maximum Gasteiger partial charge on any atom is 0.0678 e. The Hall–Kier alpha value is -0.120. The third-order valence-electron chi connectivity index (χ3n) is 4.05. The number of ether oxygens (including phenoxy) is 1. The van der Waals surface area contributed by atoms with Crippen molar-refractivity contribution in [1.82, 2.24) is 10.2 Å². The molecular weight excluding hydrogens is 212 g/mol. The molecule has 1 aliphatic heterocycles. The molecule has 4 unspecified atom stereocenters. The molecule has 0 amide bonds. The summed E-state index contributed by atoms with van der Waals surface area (Å²) >= 11 is 0. The monoisotopic (exact) mass is 240 g/mol. The number of nitrogens with zero attached hydrogens (tertiary/aromatic N) is 1. The van der Waals surface area contributed by atoms with Crippen LogP contribution in [0.15, 0.2) is 0 Å². The van der Waals surface area contributed by atoms with E-state index in [1.807, 2.05) is 0 Å². The fraction of sp³-hybridized carbons (Fsp3) is 1.00. The van der Waals surface area contributed by atoms with Crippen molar-refractivity contribution >= 4 is 0 Å². The SMILES string of the molecule is CCCNC1CCC(N2CC(C)OC(C)C2)C1. The molecular formula is C14H28N2O. The van der Waals surface area contributed by atoms with Gasteiger partial charge in [0, 0.05) is 25.2 Å². The van der Waals surface area contributed by atoms with Gasteiger partial charge in [0.2, 0.25) is 0 Å². The van der Waals surface area contributed by atoms with Crippen molar-refractivity contribution < 1.29 is 4.74 Å². The lowest BCUT2D eigenvalue weighted by atomic mass is 10.1. The van der Waals surface area contributed by atoms with Gasteiger partial charge in [0.15, 0.2) is 0 Å². The van der Waals surface area contributed by atoms with Crippen LogP contribution in [0.1, 0.15) is 46.5 Å². The maximum atomic E-state index is 5.81. The molecule has 0 radical (unpaired) electrons. The van der Waals surface area contributed by atoms with Crippen LogP contribution in [-0.4, -0.2) is 48.8 Å². The summed E-state index contributed by atoms with van der Waals surface area (Å²) in [6.45, 7) is 10.1. The van der Waals surface area contributed by atoms with E-state index in [1.54, 1.807) is 0 Å². The second-order valence-electron chi connectivity index (χ2n) is 5.83. The summed E-state index contributed by atoms with van der Waals surface area (Å²) in [6, 6.07) is 1.55. The molecule has 0 aromatic heterocycles. The number of hydrogen-bond donors (Lipinski definition) is 1. The second kappa shape index (κ2) is 6.17. The van der Waals surface area contributed by atoms with Crippen LogP contribution in [0.2, 0.25) is 0 Å². The van der Waals surface area contributed by atoms with E-state index in [9.17, 15) is 0 Å². The molecule has 0 aromatic rings. The predicted molar refractivity (Wildman–Crippen MR) is 71.3 cm³/mol. The third kappa shape index (κ3) is 3.67. The van der Waals surface area contributed by atoms with E-state index >= 15 is 0 Å². The number of morpholine rings is 1. The summed E-state index contributed by atoms with van der Waals surface area (Å²) < 4.78 is 5.81. The molecule has 0 bridgehead atoms. The molecule has 100 valence electrons. The zero-order valence-corrected chi connectivity index (χ0v) is 11.6. The van der Waals surface area contributed by atoms with Crippen molar-refractivity contribution in [2.24, 2.45) is 0 Å². The highest BCUT2D eigenvalue weighted by molar-refractivity contribution is 4.89. The normalized spacial score (nSPS) is 39.7. The summed E-state index contributed by atoms with van der Waals surface area (Å²) in [6.07, 6.45) is 6.10. The molecule has 1 aliphatic carbocycles. The Balaban J connectivity index is 1.79. The molecule has 2 fully saturated rings. The lowest BCUT2D eigenvalue weighted by Crippen LogP contribution is -2.49. The van der Waals surface area contributed by atoms with E-state index < -0.39 is 0 Å². The van der Waals surface area contributed by atoms with Gasteiger partial charge in [-0.15, -0.1) is 0 Å². The first kappa shape index (κ1) is 13.3. The Bertz CT molecular complexity index is 224. The van der Waals surface area contributed by atoms with Crippen LogP contribution in [0.5, 0.6) is 0 Å². The van der Waals surface area contributed by atoms with Crippen molar-refractivity contribution in [3.05, 3.63) is 0 Å². The minimum absolute atomic E-state index is 0.404. The van der Waals surface area contributed by atoms with E-state index in [-0.39, 0.29) is 0 Å². The first-order chi connectivity index (χ1) is 8.19. The Morgan fingerprint density at radius 1 is 1.18 bits per heavy atom. The Morgan fingerprint density at radius 3 is 2.53 bits per heavy atom. The lowest BCUT2D eigenvalue weighted by Gasteiger charge is -2.39. The first-order valence-corrected chi connectivity index (χ1v) is 7.32. The lowest BCUT2D eigenvalue weighted by molar-refractivity contribution is -0.0797. The minimum atomic E-state index is 0.404. The molecule has 1 heterocycles. The highest BCUT2D eigenvalue weighted by atomic mass is 16.5. The van der Waals surface area contributed by atoms with Gasteiger partial charge in [-0.05, 0) is 46.1 Å². The zero-order chi connectivity index (χ0) is 12.3. The van der Waals surface area contributed by atoms with Crippen LogP contribution in [0.25, 0.3) is 0 Å². The number of hydrogen-bond acceptors (Lipinski definition) is 3. The molecule has 1 saturated carbocycles. The van der Waals surface area contributed by atoms with Crippen molar-refractivity contribution in [2.45, 2.75) is 70.7 Å². The molecule has 1 N–H and O–H groups in total. The molecule has 0 spiro atoms. The number of nitrogens with one attached hydrogen (secondary N) is 1. The fourth-order valence-electron chi connectivity index (χ4n) is 3.34. The van der Waals surface area contributed by atoms with Crippen LogP contribution >= 0.6 is 0 Å². The highest BCUT2D eigenvalue weighted by Crippen LogP contribution is 2.26. The Kier molecular flexibility index (Phi) is 4.83. The summed E-state index contributed by atoms with van der Waals surface area (Å²) in [5, 5.41) is 3.66. The largest absolute Gasteiger partial charge is 0.373 e. The van der Waals surface area contributed by atoms with Gasteiger partial charge in [-0.25, -0.2) is 0 Å². The third-order valence-corrected chi connectivity index (χ3v) is 4.05. The van der Waals surface area contributed by atoms with Crippen LogP contribution in [-0.2, 0) is 4.74 Å². The van der Waals surface area contributed by atoms with E-state index in [0.29, 0.717) is 12.2 Å². The first-order valence-electron chi connectivity index (χ1n) is 7.32. The predicted octanol–water partition coefficient (Wildman–Crippen LogP) is 2.02. The van der Waals surface area contributed by atoms with Crippen LogP contribution in [0, 0.1) is 0 Å². The van der Waals surface area contributed by atoms with Crippen molar-refractivity contribution in [3.8, 4) is 0 Å². The molecule has 3 heteroatoms. The summed E-state index contributed by atoms with van der Waals surface area (Å²) in [4.78, 5) is 2.66. The maximum absolute atomic E-state index is 5.81. The quantitative estimate of drug-likeness (QED) is 0.813. The summed E-state index contributed by atoms with van der Waals surface area (Å²) in [5.41, 5.74) is 0. The molecule has 4 atom stereocenters. The van der Waals surface area contributed by atoms with Gasteiger partial charge in [-0.2, -0.15) is 0 Å². The average Bonchev–Trinajstić information content (AvgIpc) is 2.73. The Labute approximate surface area is 106 Å². The van der Waals surface area contributed by atoms with E-state index in [2.05, 4.69) is 31.0 Å². The summed E-state index contributed by atoms with van der Waals surface area (Å²) in [5.74, 6) is 0. The fourth-order valence-corrected chi connectivity index (χ4v) is 3.34. The van der Waals surface area contributed by atoms with Crippen molar-refractivity contribution in [3.63, 3.8) is 0 Å². The Morgan fingerprint density at radius 2 is 1.88 bits per heavy atom. The van der Waals surface area contributed by atoms with Crippen molar-refractivity contribution in [2.75, 3.05) is 19.6 Å². The van der Waals surface area contributed by atoms with E-state index in [1.165, 1.54) is 32.2 Å². The topological polar surface area (TPSA) is 24.5 Å². The van der Waals surface area contributed by atoms with Gasteiger partial charge in [0.25, 0.3) is 0 Å². The average molecular weight is 240 g/mol. The van der Waals surface area contributed by atoms with Crippen molar-refractivity contribution in [1.29, 1.82) is 0 Å². The summed E-state index contributed by atoms with van der Waals surface area (Å²) in [7, 11) is 0. The standard InChI is InChI=1S/C14H28N2O/c1-4-7-15-13-5-6-14(8-13)16-9-11(2)17-12(3)10-16/h11-15H,4-10H2,1-3H3. The van der Waals surface area contributed by atoms with Gasteiger partial charge in [0.1, 0.15) is 0 Å². The van der Waals surface area contributed by atoms with E-state index in [4.69, 9.17) is 4.74 Å². The van der Waals surface area contributed by atoms with Crippen LogP contribution < -0.4 is 5.32 Å². The van der Waals surface area contributed by atoms with Crippen LogP contribution in [0.4, 0.5) is 0 Å². The van der Waals surface area contributed by atoms with Crippen LogP contribution in [0.3, 0.4) is 0 Å². The van der Waals surface area contributed by atoms with Gasteiger partial charge < -0.3 is 10.1 Å².